The van der Waals surface area contributed by atoms with Gasteiger partial charge >= 0.3 is 6.18 Å². The van der Waals surface area contributed by atoms with E-state index in [1.165, 1.54) is 0 Å². The monoisotopic (exact) mass is 268 g/mol. The highest BCUT2D eigenvalue weighted by Crippen LogP contribution is 2.46. The van der Waals surface area contributed by atoms with Crippen LogP contribution in [-0.4, -0.2) is 6.18 Å². The molecule has 0 amide bonds. The fourth-order valence-electron chi connectivity index (χ4n) is 3.42. The third-order valence-electron chi connectivity index (χ3n) is 4.36. The van der Waals surface area contributed by atoms with E-state index >= 15 is 0 Å². The summed E-state index contributed by atoms with van der Waals surface area (Å²) in [6.07, 6.45) is 0.506. The van der Waals surface area contributed by atoms with Gasteiger partial charge in [-0.2, -0.15) is 17.6 Å². The Morgan fingerprint density at radius 3 is 2.06 bits per heavy atom. The van der Waals surface area contributed by atoms with E-state index in [9.17, 15) is 22.0 Å². The first-order valence-corrected chi connectivity index (χ1v) is 6.52. The molecule has 0 nitrogen and oxygen atoms in total. The Kier molecular flexibility index (Phi) is 3.97. The second-order valence-electron chi connectivity index (χ2n) is 5.47. The number of halogens is 5. The number of hydrogen-bond donors (Lipinski definition) is 0. The minimum absolute atomic E-state index is 0.282. The summed E-state index contributed by atoms with van der Waals surface area (Å²) in [6, 6.07) is 0. The number of fused-ring (bicyclic) bond motifs is 1. The molecular weight excluding hydrogens is 251 g/mol. The van der Waals surface area contributed by atoms with Crippen LogP contribution in [0.3, 0.4) is 0 Å². The van der Waals surface area contributed by atoms with Gasteiger partial charge in [0.1, 0.15) is 5.83 Å². The van der Waals surface area contributed by atoms with E-state index in [1.807, 2.05) is 0 Å². The summed E-state index contributed by atoms with van der Waals surface area (Å²) >= 11 is 0. The van der Waals surface area contributed by atoms with Crippen molar-refractivity contribution in [2.75, 3.05) is 0 Å². The molecule has 0 aromatic carbocycles. The molecule has 0 bridgehead atoms. The van der Waals surface area contributed by atoms with Gasteiger partial charge < -0.3 is 0 Å². The standard InChI is InChI=1S/C13H17F5/c14-11(12(15)13(16,17)18)10-6-5-8-3-1-2-4-9(8)7-10/h8-10H,1-7H2/b12-11-/t8-,9-,10-/m1/s1. The molecule has 0 radical (unpaired) electrons. The highest BCUT2D eigenvalue weighted by Gasteiger charge is 2.42. The first-order valence-electron chi connectivity index (χ1n) is 6.52. The van der Waals surface area contributed by atoms with Gasteiger partial charge in [-0.25, -0.2) is 4.39 Å². The van der Waals surface area contributed by atoms with Gasteiger partial charge in [0.15, 0.2) is 0 Å². The van der Waals surface area contributed by atoms with Crippen molar-refractivity contribution in [2.24, 2.45) is 17.8 Å². The van der Waals surface area contributed by atoms with Crippen molar-refractivity contribution in [3.05, 3.63) is 11.7 Å². The summed E-state index contributed by atoms with van der Waals surface area (Å²) < 4.78 is 62.8. The lowest BCUT2D eigenvalue weighted by molar-refractivity contribution is -0.112. The zero-order valence-electron chi connectivity index (χ0n) is 10.1. The second-order valence-corrected chi connectivity index (χ2v) is 5.47. The van der Waals surface area contributed by atoms with E-state index in [0.29, 0.717) is 18.8 Å². The summed E-state index contributed by atoms with van der Waals surface area (Å²) in [6.45, 7) is 0. The molecule has 3 atom stereocenters. The second kappa shape index (κ2) is 5.17. The van der Waals surface area contributed by atoms with Crippen LogP contribution in [0.1, 0.15) is 44.9 Å². The Bertz CT molecular complexity index is 331. The largest absolute Gasteiger partial charge is 0.445 e. The Morgan fingerprint density at radius 1 is 0.833 bits per heavy atom. The molecule has 0 N–H and O–H groups in total. The first kappa shape index (κ1) is 13.8. The number of hydrogen-bond acceptors (Lipinski definition) is 0. The van der Waals surface area contributed by atoms with Crippen LogP contribution >= 0.6 is 0 Å². The highest BCUT2D eigenvalue weighted by molar-refractivity contribution is 5.10. The summed E-state index contributed by atoms with van der Waals surface area (Å²) in [5.74, 6) is -4.18. The maximum Gasteiger partial charge on any atom is 0.445 e. The molecule has 0 aromatic rings. The lowest BCUT2D eigenvalue weighted by Crippen LogP contribution is -2.28. The van der Waals surface area contributed by atoms with Crippen molar-refractivity contribution in [1.82, 2.24) is 0 Å². The van der Waals surface area contributed by atoms with Crippen molar-refractivity contribution in [3.8, 4) is 0 Å². The van der Waals surface area contributed by atoms with Crippen molar-refractivity contribution in [2.45, 2.75) is 51.1 Å². The maximum absolute atomic E-state index is 13.5. The fraction of sp³-hybridized carbons (Fsp3) is 0.846. The average molecular weight is 268 g/mol. The first-order chi connectivity index (χ1) is 8.39. The van der Waals surface area contributed by atoms with Crippen molar-refractivity contribution in [3.63, 3.8) is 0 Å². The Morgan fingerprint density at radius 2 is 1.44 bits per heavy atom. The van der Waals surface area contributed by atoms with Crippen LogP contribution in [0.25, 0.3) is 0 Å². The van der Waals surface area contributed by atoms with Gasteiger partial charge in [0.2, 0.25) is 5.83 Å². The van der Waals surface area contributed by atoms with Crippen molar-refractivity contribution < 1.29 is 22.0 Å². The Hall–Kier alpha value is -0.610. The molecule has 0 aromatic heterocycles. The zero-order valence-corrected chi connectivity index (χ0v) is 10.1. The summed E-state index contributed by atoms with van der Waals surface area (Å²) in [5, 5.41) is 0. The van der Waals surface area contributed by atoms with Gasteiger partial charge in [0.25, 0.3) is 0 Å². The number of allylic oxidation sites excluding steroid dienone is 2. The molecular formula is C13H17F5. The maximum atomic E-state index is 13.5. The predicted octanol–water partition coefficient (Wildman–Crippen LogP) is 5.31. The predicted molar refractivity (Wildman–Crippen MR) is 58.1 cm³/mol. The normalized spacial score (nSPS) is 34.8. The molecule has 18 heavy (non-hydrogen) atoms. The number of rotatable bonds is 1. The molecule has 2 saturated carbocycles. The van der Waals surface area contributed by atoms with Crippen molar-refractivity contribution in [1.29, 1.82) is 0 Å². The lowest BCUT2D eigenvalue weighted by Gasteiger charge is -2.38. The zero-order chi connectivity index (χ0) is 13.3. The van der Waals surface area contributed by atoms with Crippen LogP contribution in [0.4, 0.5) is 22.0 Å². The molecule has 2 fully saturated rings. The third-order valence-corrected chi connectivity index (χ3v) is 4.36. The van der Waals surface area contributed by atoms with E-state index in [4.69, 9.17) is 0 Å². The molecule has 2 aliphatic carbocycles. The van der Waals surface area contributed by atoms with E-state index in [-0.39, 0.29) is 5.92 Å². The van der Waals surface area contributed by atoms with Crippen LogP contribution in [0.5, 0.6) is 0 Å². The smallest absolute Gasteiger partial charge is 0.208 e. The van der Waals surface area contributed by atoms with Crippen LogP contribution in [0.15, 0.2) is 11.7 Å². The van der Waals surface area contributed by atoms with E-state index < -0.39 is 23.7 Å². The number of alkyl halides is 3. The van der Waals surface area contributed by atoms with Crippen LogP contribution in [-0.2, 0) is 0 Å². The molecule has 2 rings (SSSR count). The molecule has 0 unspecified atom stereocenters. The average Bonchev–Trinajstić information content (AvgIpc) is 2.35. The highest BCUT2D eigenvalue weighted by atomic mass is 19.4. The van der Waals surface area contributed by atoms with Crippen LogP contribution in [0.2, 0.25) is 0 Å². The van der Waals surface area contributed by atoms with Gasteiger partial charge in [-0.1, -0.05) is 25.7 Å². The summed E-state index contributed by atoms with van der Waals surface area (Å²) in [5.41, 5.74) is 0. The SMILES string of the molecule is F/C(=C(\F)C(F)(F)F)[C@@H]1CC[C@H]2CCCC[C@@H]2C1. The van der Waals surface area contributed by atoms with Crippen LogP contribution in [0, 0.1) is 17.8 Å². The summed E-state index contributed by atoms with van der Waals surface area (Å²) in [7, 11) is 0. The topological polar surface area (TPSA) is 0 Å². The minimum Gasteiger partial charge on any atom is -0.208 e. The third kappa shape index (κ3) is 2.86. The molecule has 2 aliphatic rings. The molecule has 0 heterocycles. The van der Waals surface area contributed by atoms with E-state index in [1.54, 1.807) is 0 Å². The minimum atomic E-state index is -5.19. The van der Waals surface area contributed by atoms with Gasteiger partial charge in [0.05, 0.1) is 0 Å². The van der Waals surface area contributed by atoms with Gasteiger partial charge in [0, 0.05) is 5.92 Å². The molecule has 0 spiro atoms. The molecule has 104 valence electrons. The van der Waals surface area contributed by atoms with E-state index in [2.05, 4.69) is 0 Å². The lowest BCUT2D eigenvalue weighted by atomic mass is 9.67. The van der Waals surface area contributed by atoms with E-state index in [0.717, 1.165) is 32.1 Å². The van der Waals surface area contributed by atoms with Crippen molar-refractivity contribution >= 4 is 0 Å². The molecule has 5 heteroatoms. The summed E-state index contributed by atoms with van der Waals surface area (Å²) in [4.78, 5) is 0. The Balaban J connectivity index is 2.07. The quantitative estimate of drug-likeness (QED) is 0.566. The molecule has 0 saturated heterocycles. The van der Waals surface area contributed by atoms with Gasteiger partial charge in [-0.3, -0.25) is 0 Å². The molecule has 0 aliphatic heterocycles. The van der Waals surface area contributed by atoms with Crippen LogP contribution < -0.4 is 0 Å². The van der Waals surface area contributed by atoms with Gasteiger partial charge in [-0.15, -0.1) is 0 Å². The van der Waals surface area contributed by atoms with Gasteiger partial charge in [-0.05, 0) is 31.1 Å². The Labute approximate surface area is 103 Å². The fourth-order valence-corrected chi connectivity index (χ4v) is 3.42.